The summed E-state index contributed by atoms with van der Waals surface area (Å²) in [5.74, 6) is -1.01. The van der Waals surface area contributed by atoms with E-state index >= 15 is 0 Å². The molecule has 0 saturated heterocycles. The lowest BCUT2D eigenvalue weighted by Gasteiger charge is -2.16. The van der Waals surface area contributed by atoms with Crippen molar-refractivity contribution >= 4 is 61.5 Å². The number of alkyl halides is 3. The van der Waals surface area contributed by atoms with Crippen molar-refractivity contribution < 1.29 is 31.5 Å². The Hall–Kier alpha value is -3.17. The predicted octanol–water partition coefficient (Wildman–Crippen LogP) is 5.17. The quantitative estimate of drug-likeness (QED) is 0.195. The van der Waals surface area contributed by atoms with Crippen LogP contribution in [0.5, 0.6) is 0 Å². The number of nitrogens with one attached hydrogen (secondary N) is 2. The number of sulfonamides is 1. The Balaban J connectivity index is 1.80. The molecule has 1 aromatic heterocycles. The summed E-state index contributed by atoms with van der Waals surface area (Å²) >= 11 is 1.51. The number of carboxylic acid groups (broad SMARTS) is 1. The van der Waals surface area contributed by atoms with Crippen LogP contribution in [0.25, 0.3) is 11.0 Å². The lowest BCUT2D eigenvalue weighted by Crippen LogP contribution is -2.13. The smallest absolute Gasteiger partial charge is 0.416 e. The first kappa shape index (κ1) is 24.9. The average molecular weight is 616 g/mol. The molecule has 0 bridgehead atoms. The van der Waals surface area contributed by atoms with E-state index in [4.69, 9.17) is 0 Å². The third-order valence-electron chi connectivity index (χ3n) is 5.17. The monoisotopic (exact) mass is 616 g/mol. The van der Waals surface area contributed by atoms with Gasteiger partial charge in [-0.3, -0.25) is 0 Å². The van der Waals surface area contributed by atoms with Crippen LogP contribution in [-0.2, 0) is 22.7 Å². The molecule has 0 fully saturated rings. The highest BCUT2D eigenvalue weighted by atomic mass is 127. The zero-order valence-electron chi connectivity index (χ0n) is 17.5. The molecule has 13 heteroatoms. The summed E-state index contributed by atoms with van der Waals surface area (Å²) in [7, 11) is -3.66. The number of hydrogen-bond donors (Lipinski definition) is 3. The second kappa shape index (κ2) is 9.47. The second-order valence-corrected chi connectivity index (χ2v) is 10.4. The number of halogens is 4. The largest absolute Gasteiger partial charge is 0.478 e. The summed E-state index contributed by atoms with van der Waals surface area (Å²) in [6.07, 6.45) is -4.56. The molecular weight excluding hydrogens is 600 g/mol. The van der Waals surface area contributed by atoms with Gasteiger partial charge in [-0.25, -0.2) is 18.2 Å². The summed E-state index contributed by atoms with van der Waals surface area (Å²) in [6, 6.07) is 15.0. The van der Waals surface area contributed by atoms with Crippen LogP contribution >= 0.6 is 22.9 Å². The molecule has 4 rings (SSSR count). The third-order valence-corrected chi connectivity index (χ3v) is 8.00. The number of carbonyl (C=O) groups is 1. The summed E-state index contributed by atoms with van der Waals surface area (Å²) in [4.78, 5) is 15.8. The first-order valence-electron chi connectivity index (χ1n) is 9.88. The van der Waals surface area contributed by atoms with Gasteiger partial charge < -0.3 is 15.0 Å². The van der Waals surface area contributed by atoms with E-state index in [1.54, 1.807) is 0 Å². The van der Waals surface area contributed by atoms with Crippen molar-refractivity contribution in [2.45, 2.75) is 17.6 Å². The Morgan fingerprint density at radius 3 is 2.37 bits per heavy atom. The lowest BCUT2D eigenvalue weighted by atomic mass is 10.1. The van der Waals surface area contributed by atoms with E-state index < -0.39 is 27.7 Å². The highest BCUT2D eigenvalue weighted by Gasteiger charge is 2.33. The molecular formula is C22H16F3IN4O4S. The zero-order valence-corrected chi connectivity index (χ0v) is 20.5. The van der Waals surface area contributed by atoms with Gasteiger partial charge in [0.2, 0.25) is 16.0 Å². The molecule has 0 radical (unpaired) electrons. The number of benzene rings is 3. The van der Waals surface area contributed by atoms with Crippen molar-refractivity contribution in [2.75, 3.05) is 5.32 Å². The molecule has 3 N–H and O–H groups in total. The molecule has 1 heterocycles. The van der Waals surface area contributed by atoms with Crippen molar-refractivity contribution in [3.8, 4) is 0 Å². The summed E-state index contributed by atoms with van der Waals surface area (Å²) in [5, 5.41) is 12.3. The normalized spacial score (nSPS) is 12.1. The number of nitrogens with zero attached hydrogens (tertiary/aromatic N) is 2. The molecule has 0 aliphatic heterocycles. The van der Waals surface area contributed by atoms with Gasteiger partial charge in [-0.2, -0.15) is 16.1 Å². The van der Waals surface area contributed by atoms with E-state index in [2.05, 4.69) is 13.2 Å². The van der Waals surface area contributed by atoms with Crippen molar-refractivity contribution in [2.24, 2.45) is 0 Å². The van der Waals surface area contributed by atoms with Crippen LogP contribution in [0.4, 0.5) is 24.8 Å². The Kier molecular flexibility index (Phi) is 6.75. The van der Waals surface area contributed by atoms with Gasteiger partial charge >= 0.3 is 12.1 Å². The first-order valence-corrected chi connectivity index (χ1v) is 12.4. The van der Waals surface area contributed by atoms with E-state index in [-0.39, 0.29) is 34.0 Å². The Morgan fingerprint density at radius 2 is 1.74 bits per heavy atom. The molecule has 3 aromatic carbocycles. The molecule has 182 valence electrons. The minimum absolute atomic E-state index is 0.000720. The molecule has 35 heavy (non-hydrogen) atoms. The molecule has 0 aliphatic carbocycles. The minimum atomic E-state index is -4.56. The Labute approximate surface area is 211 Å². The van der Waals surface area contributed by atoms with E-state index in [0.29, 0.717) is 11.2 Å². The highest BCUT2D eigenvalue weighted by molar-refractivity contribution is 14.1. The number of imidazole rings is 1. The topological polar surface area (TPSA) is 113 Å². The minimum Gasteiger partial charge on any atom is -0.478 e. The van der Waals surface area contributed by atoms with Gasteiger partial charge in [-0.05, 0) is 54.1 Å². The molecule has 0 amide bonds. The second-order valence-electron chi connectivity index (χ2n) is 7.42. The third kappa shape index (κ3) is 5.26. The first-order chi connectivity index (χ1) is 16.5. The number of fused-ring (bicyclic) bond motifs is 1. The molecule has 4 aromatic rings. The van der Waals surface area contributed by atoms with Crippen LogP contribution in [0.1, 0.15) is 21.5 Å². The highest BCUT2D eigenvalue weighted by Crippen LogP contribution is 2.34. The van der Waals surface area contributed by atoms with Gasteiger partial charge in [-0.15, -0.1) is 0 Å². The molecule has 0 saturated carbocycles. The number of rotatable bonds is 7. The van der Waals surface area contributed by atoms with Gasteiger partial charge in [0.15, 0.2) is 0 Å². The van der Waals surface area contributed by atoms with Crippen molar-refractivity contribution in [3.63, 3.8) is 0 Å². The van der Waals surface area contributed by atoms with Crippen LogP contribution in [0, 0.1) is 0 Å². The number of hydrogen-bond acceptors (Lipinski definition) is 5. The van der Waals surface area contributed by atoms with Gasteiger partial charge in [0, 0.05) is 28.6 Å². The van der Waals surface area contributed by atoms with Gasteiger partial charge in [0.05, 0.1) is 33.6 Å². The van der Waals surface area contributed by atoms with E-state index in [0.717, 1.165) is 6.07 Å². The summed E-state index contributed by atoms with van der Waals surface area (Å²) in [5.41, 5.74) is 0.296. The van der Waals surface area contributed by atoms with Gasteiger partial charge in [0.25, 0.3) is 0 Å². The van der Waals surface area contributed by atoms with Crippen molar-refractivity contribution in [1.29, 1.82) is 0 Å². The van der Waals surface area contributed by atoms with E-state index in [1.807, 2.05) is 0 Å². The standard InChI is InChI=1S/C22H16F3IN4O4S/c23-22(24,25)17-4-2-1-3-14(17)12-30-19-10-5-13(20(31)32)11-18(19)28-21(30)27-15-6-8-16(9-7-15)35(33,34)29-26/h1-11,29H,12H2,(H,27,28)(H,31,32). The number of anilines is 2. The van der Waals surface area contributed by atoms with E-state index in [9.17, 15) is 31.5 Å². The van der Waals surface area contributed by atoms with Gasteiger partial charge in [0.1, 0.15) is 0 Å². The maximum absolute atomic E-state index is 13.6. The van der Waals surface area contributed by atoms with Crippen LogP contribution < -0.4 is 8.25 Å². The van der Waals surface area contributed by atoms with Crippen LogP contribution in [0.3, 0.4) is 0 Å². The fraction of sp³-hybridized carbons (Fsp3) is 0.0909. The fourth-order valence-corrected chi connectivity index (χ4v) is 4.86. The zero-order chi connectivity index (χ0) is 25.4. The Bertz CT molecular complexity index is 1520. The maximum Gasteiger partial charge on any atom is 0.416 e. The Morgan fingerprint density at radius 1 is 1.06 bits per heavy atom. The van der Waals surface area contributed by atoms with Crippen LogP contribution in [-0.4, -0.2) is 29.0 Å². The summed E-state index contributed by atoms with van der Waals surface area (Å²) < 4.78 is 68.3. The number of aromatic nitrogens is 2. The van der Waals surface area contributed by atoms with Crippen LogP contribution in [0.15, 0.2) is 71.6 Å². The molecule has 0 atom stereocenters. The molecule has 0 unspecified atom stereocenters. The molecule has 0 aliphatic rings. The van der Waals surface area contributed by atoms with E-state index in [1.165, 1.54) is 88.1 Å². The molecule has 8 nitrogen and oxygen atoms in total. The summed E-state index contributed by atoms with van der Waals surface area (Å²) in [6.45, 7) is -0.202. The predicted molar refractivity (Wildman–Crippen MR) is 131 cm³/mol. The SMILES string of the molecule is O=C(O)c1ccc2c(c1)nc(Nc1ccc(S(=O)(=O)NI)cc1)n2Cc1ccccc1C(F)(F)F. The number of aromatic carboxylic acids is 1. The maximum atomic E-state index is 13.6. The number of carboxylic acids is 1. The van der Waals surface area contributed by atoms with Gasteiger partial charge in [-0.1, -0.05) is 18.2 Å². The van der Waals surface area contributed by atoms with Crippen LogP contribution in [0.2, 0.25) is 0 Å². The molecule has 0 spiro atoms. The van der Waals surface area contributed by atoms with Crippen molar-refractivity contribution in [3.05, 3.63) is 83.4 Å². The van der Waals surface area contributed by atoms with Crippen molar-refractivity contribution in [1.82, 2.24) is 12.5 Å². The average Bonchev–Trinajstić information content (AvgIpc) is 3.15. The lowest BCUT2D eigenvalue weighted by molar-refractivity contribution is -0.138. The fourth-order valence-electron chi connectivity index (χ4n) is 3.51.